The van der Waals surface area contributed by atoms with Gasteiger partial charge in [0.15, 0.2) is 11.5 Å². The molecule has 27 heavy (non-hydrogen) atoms. The van der Waals surface area contributed by atoms with E-state index in [4.69, 9.17) is 15.2 Å². The molecule has 1 aromatic carbocycles. The molecule has 0 spiro atoms. The van der Waals surface area contributed by atoms with Crippen LogP contribution in [0.2, 0.25) is 0 Å². The van der Waals surface area contributed by atoms with E-state index >= 15 is 0 Å². The molecule has 5 nitrogen and oxygen atoms in total. The van der Waals surface area contributed by atoms with Crippen LogP contribution in [0.25, 0.3) is 0 Å². The van der Waals surface area contributed by atoms with Crippen LogP contribution in [0.5, 0.6) is 11.5 Å². The van der Waals surface area contributed by atoms with E-state index in [0.717, 1.165) is 50.0 Å². The van der Waals surface area contributed by atoms with Crippen molar-refractivity contribution in [3.05, 3.63) is 23.8 Å². The van der Waals surface area contributed by atoms with E-state index in [0.29, 0.717) is 13.3 Å². The second-order valence-corrected chi connectivity index (χ2v) is 8.25. The summed E-state index contributed by atoms with van der Waals surface area (Å²) in [6.45, 7) is 1.00. The molecule has 0 saturated heterocycles. The molecule has 0 bridgehead atoms. The Morgan fingerprint density at radius 2 is 1.89 bits per heavy atom. The molecular formula is C21H31ClN2O3. The minimum Gasteiger partial charge on any atom is -0.454 e. The highest BCUT2D eigenvalue weighted by Gasteiger charge is 2.36. The highest BCUT2D eigenvalue weighted by molar-refractivity contribution is 5.85. The summed E-state index contributed by atoms with van der Waals surface area (Å²) in [5.74, 6) is 1.92. The molecule has 2 aliphatic carbocycles. The largest absolute Gasteiger partial charge is 0.454 e. The smallest absolute Gasteiger partial charge is 0.231 e. The highest BCUT2D eigenvalue weighted by Crippen LogP contribution is 2.43. The first-order chi connectivity index (χ1) is 12.7. The summed E-state index contributed by atoms with van der Waals surface area (Å²) in [6, 6.07) is 6.46. The molecule has 0 aromatic heterocycles. The fourth-order valence-electron chi connectivity index (χ4n) is 4.89. The molecule has 1 aliphatic heterocycles. The molecule has 3 N–H and O–H groups in total. The van der Waals surface area contributed by atoms with Gasteiger partial charge >= 0.3 is 0 Å². The lowest BCUT2D eigenvalue weighted by atomic mass is 9.69. The fourth-order valence-corrected chi connectivity index (χ4v) is 4.89. The molecule has 1 heterocycles. The number of rotatable bonds is 4. The van der Waals surface area contributed by atoms with Crippen molar-refractivity contribution in [1.82, 2.24) is 5.32 Å². The van der Waals surface area contributed by atoms with Crippen LogP contribution in [0.1, 0.15) is 63.4 Å². The minimum absolute atomic E-state index is 0. The molecule has 2 unspecified atom stereocenters. The van der Waals surface area contributed by atoms with E-state index in [1.807, 2.05) is 6.07 Å². The Morgan fingerprint density at radius 1 is 1.11 bits per heavy atom. The Bertz CT molecular complexity index is 661. The summed E-state index contributed by atoms with van der Waals surface area (Å²) >= 11 is 0. The van der Waals surface area contributed by atoms with E-state index in [1.54, 1.807) is 0 Å². The van der Waals surface area contributed by atoms with Crippen molar-refractivity contribution in [3.8, 4) is 11.5 Å². The number of carbonyl (C=O) groups excluding carboxylic acids is 1. The van der Waals surface area contributed by atoms with Crippen molar-refractivity contribution in [3.63, 3.8) is 0 Å². The first kappa shape index (κ1) is 20.3. The van der Waals surface area contributed by atoms with Crippen molar-refractivity contribution in [2.75, 3.05) is 13.3 Å². The Labute approximate surface area is 167 Å². The van der Waals surface area contributed by atoms with Gasteiger partial charge in [-0.05, 0) is 49.8 Å². The molecule has 3 aliphatic rings. The van der Waals surface area contributed by atoms with Crippen molar-refractivity contribution >= 4 is 18.3 Å². The maximum Gasteiger partial charge on any atom is 0.231 e. The first-order valence-corrected chi connectivity index (χ1v) is 10.1. The summed E-state index contributed by atoms with van der Waals surface area (Å²) in [6.07, 6.45) is 9.81. The molecule has 4 rings (SSSR count). The maximum atomic E-state index is 12.7. The van der Waals surface area contributed by atoms with Gasteiger partial charge in [-0.1, -0.05) is 31.7 Å². The number of nitrogens with one attached hydrogen (secondary N) is 1. The number of ether oxygens (including phenoxy) is 2. The molecule has 0 radical (unpaired) electrons. The predicted molar refractivity (Wildman–Crippen MR) is 108 cm³/mol. The van der Waals surface area contributed by atoms with Gasteiger partial charge in [0, 0.05) is 23.9 Å². The summed E-state index contributed by atoms with van der Waals surface area (Å²) in [4.78, 5) is 12.7. The standard InChI is InChI=1S/C21H30N2O3.ClH/c22-17-6-4-5-15(11-17)20(24)23-13-21(9-2-1-3-10-21)16-7-8-18-19(12-16)26-14-25-18;/h7-8,12,15,17H,1-6,9-11,13-14,22H2,(H,23,24);1H. The van der Waals surface area contributed by atoms with Crippen LogP contribution in [0.15, 0.2) is 18.2 Å². The number of amides is 1. The third-order valence-corrected chi connectivity index (χ3v) is 6.48. The Hall–Kier alpha value is -1.46. The van der Waals surface area contributed by atoms with Crippen LogP contribution in [0.3, 0.4) is 0 Å². The maximum absolute atomic E-state index is 12.7. The summed E-state index contributed by atoms with van der Waals surface area (Å²) < 4.78 is 11.0. The van der Waals surface area contributed by atoms with Crippen LogP contribution in [-0.2, 0) is 10.2 Å². The lowest BCUT2D eigenvalue weighted by Crippen LogP contribution is -2.45. The van der Waals surface area contributed by atoms with Gasteiger partial charge in [0.25, 0.3) is 0 Å². The average Bonchev–Trinajstić information content (AvgIpc) is 3.15. The summed E-state index contributed by atoms with van der Waals surface area (Å²) in [5.41, 5.74) is 7.34. The third-order valence-electron chi connectivity index (χ3n) is 6.48. The predicted octanol–water partition coefficient (Wildman–Crippen LogP) is 3.67. The molecule has 2 atom stereocenters. The topological polar surface area (TPSA) is 73.6 Å². The molecule has 1 amide bonds. The zero-order valence-electron chi connectivity index (χ0n) is 15.9. The number of fused-ring (bicyclic) bond motifs is 1. The number of hydrogen-bond acceptors (Lipinski definition) is 4. The van der Waals surface area contributed by atoms with Crippen LogP contribution in [0.4, 0.5) is 0 Å². The molecular weight excluding hydrogens is 364 g/mol. The van der Waals surface area contributed by atoms with Crippen LogP contribution < -0.4 is 20.5 Å². The summed E-state index contributed by atoms with van der Waals surface area (Å²) in [7, 11) is 0. The van der Waals surface area contributed by atoms with Gasteiger partial charge in [-0.25, -0.2) is 0 Å². The van der Waals surface area contributed by atoms with E-state index in [2.05, 4.69) is 17.4 Å². The zero-order valence-corrected chi connectivity index (χ0v) is 16.7. The van der Waals surface area contributed by atoms with Crippen molar-refractivity contribution in [2.24, 2.45) is 11.7 Å². The molecule has 2 fully saturated rings. The Morgan fingerprint density at radius 3 is 2.67 bits per heavy atom. The van der Waals surface area contributed by atoms with E-state index in [9.17, 15) is 4.79 Å². The average molecular weight is 395 g/mol. The fraction of sp³-hybridized carbons (Fsp3) is 0.667. The lowest BCUT2D eigenvalue weighted by Gasteiger charge is -2.39. The number of halogens is 1. The zero-order chi connectivity index (χ0) is 18.0. The second-order valence-electron chi connectivity index (χ2n) is 8.25. The molecule has 6 heteroatoms. The molecule has 1 aromatic rings. The second kappa shape index (κ2) is 8.70. The van der Waals surface area contributed by atoms with E-state index < -0.39 is 0 Å². The van der Waals surface area contributed by atoms with Crippen molar-refractivity contribution in [2.45, 2.75) is 69.2 Å². The van der Waals surface area contributed by atoms with Crippen LogP contribution in [0, 0.1) is 5.92 Å². The number of hydrogen-bond donors (Lipinski definition) is 2. The minimum atomic E-state index is 0. The van der Waals surface area contributed by atoms with E-state index in [-0.39, 0.29) is 35.7 Å². The van der Waals surface area contributed by atoms with Gasteiger partial charge in [0.2, 0.25) is 12.7 Å². The normalized spacial score (nSPS) is 26.1. The Kier molecular flexibility index (Phi) is 6.53. The molecule has 2 saturated carbocycles. The molecule has 150 valence electrons. The monoisotopic (exact) mass is 394 g/mol. The van der Waals surface area contributed by atoms with Gasteiger partial charge in [-0.3, -0.25) is 4.79 Å². The third kappa shape index (κ3) is 4.35. The Balaban J connectivity index is 0.00000210. The number of nitrogens with two attached hydrogens (primary N) is 1. The van der Waals surface area contributed by atoms with Gasteiger partial charge < -0.3 is 20.5 Å². The van der Waals surface area contributed by atoms with Crippen molar-refractivity contribution in [1.29, 1.82) is 0 Å². The lowest BCUT2D eigenvalue weighted by molar-refractivity contribution is -0.126. The van der Waals surface area contributed by atoms with Crippen LogP contribution >= 0.6 is 12.4 Å². The highest BCUT2D eigenvalue weighted by atomic mass is 35.5. The van der Waals surface area contributed by atoms with E-state index in [1.165, 1.54) is 24.8 Å². The van der Waals surface area contributed by atoms with Gasteiger partial charge in [0.1, 0.15) is 0 Å². The van der Waals surface area contributed by atoms with Gasteiger partial charge in [-0.2, -0.15) is 0 Å². The van der Waals surface area contributed by atoms with Gasteiger partial charge in [0.05, 0.1) is 0 Å². The SMILES string of the molecule is Cl.NC1CCCC(C(=O)NCC2(c3ccc4c(c3)OCO4)CCCCC2)C1. The van der Waals surface area contributed by atoms with Crippen LogP contribution in [-0.4, -0.2) is 25.3 Å². The van der Waals surface area contributed by atoms with Crippen molar-refractivity contribution < 1.29 is 14.3 Å². The van der Waals surface area contributed by atoms with Gasteiger partial charge in [-0.15, -0.1) is 12.4 Å². The summed E-state index contributed by atoms with van der Waals surface area (Å²) in [5, 5.41) is 3.28. The first-order valence-electron chi connectivity index (χ1n) is 10.1. The number of benzene rings is 1. The number of carbonyl (C=O) groups is 1. The quantitative estimate of drug-likeness (QED) is 0.817.